The first-order chi connectivity index (χ1) is 16.4. The molecule has 0 aromatic heterocycles. The van der Waals surface area contributed by atoms with Gasteiger partial charge in [-0.2, -0.15) is 0 Å². The fourth-order valence-electron chi connectivity index (χ4n) is 7.02. The second kappa shape index (κ2) is 7.59. The molecule has 2 fully saturated rings. The van der Waals surface area contributed by atoms with Crippen LogP contribution in [-0.2, 0) is 21.4 Å². The molecule has 2 bridgehead atoms. The summed E-state index contributed by atoms with van der Waals surface area (Å²) in [4.78, 5) is 29.0. The van der Waals surface area contributed by atoms with Crippen molar-refractivity contribution in [1.82, 2.24) is 10.2 Å². The Morgan fingerprint density at radius 3 is 2.88 bits per heavy atom. The fraction of sp³-hybridized carbons (Fsp3) is 0.407. The maximum absolute atomic E-state index is 13.4. The Balaban J connectivity index is 1.48. The molecule has 2 aliphatic heterocycles. The maximum Gasteiger partial charge on any atom is 0.244 e. The van der Waals surface area contributed by atoms with Gasteiger partial charge in [0.25, 0.3) is 0 Å². The van der Waals surface area contributed by atoms with Gasteiger partial charge >= 0.3 is 0 Å². The van der Waals surface area contributed by atoms with Crippen LogP contribution in [0.5, 0.6) is 11.5 Å². The number of methoxy groups -OCH3 is 1. The number of nitrogens with zero attached hydrogens (tertiary/aromatic N) is 1. The molecule has 0 unspecified atom stereocenters. The smallest absolute Gasteiger partial charge is 0.244 e. The number of likely N-dealkylation sites (N-methyl/N-ethyl adjacent to an activating group) is 1. The lowest BCUT2D eigenvalue weighted by Gasteiger charge is -2.64. The summed E-state index contributed by atoms with van der Waals surface area (Å²) in [5.74, 6) is 1.23. The van der Waals surface area contributed by atoms with Gasteiger partial charge in [-0.3, -0.25) is 9.59 Å². The lowest BCUT2D eigenvalue weighted by atomic mass is 9.47. The number of carbonyl (C=O) groups excluding carboxylic acids is 2. The monoisotopic (exact) mass is 478 g/mol. The van der Waals surface area contributed by atoms with Crippen LogP contribution in [0.3, 0.4) is 0 Å². The van der Waals surface area contributed by atoms with E-state index in [1.54, 1.807) is 25.3 Å². The normalized spacial score (nSPS) is 31.2. The number of rotatable bonds is 4. The van der Waals surface area contributed by atoms with Crippen molar-refractivity contribution in [2.75, 3.05) is 20.7 Å². The Morgan fingerprint density at radius 2 is 2.09 bits per heavy atom. The largest absolute Gasteiger partial charge is 0.493 e. The van der Waals surface area contributed by atoms with E-state index in [-0.39, 0.29) is 17.7 Å². The number of piperidine rings is 1. The molecule has 2 aromatic carbocycles. The number of carbonyl (C=O) groups is 2. The van der Waals surface area contributed by atoms with Gasteiger partial charge in [0.05, 0.1) is 18.1 Å². The van der Waals surface area contributed by atoms with Crippen LogP contribution >= 0.6 is 11.6 Å². The van der Waals surface area contributed by atoms with Crippen LogP contribution in [0.1, 0.15) is 36.0 Å². The van der Waals surface area contributed by atoms with Crippen molar-refractivity contribution >= 4 is 29.4 Å². The average molecular weight is 479 g/mol. The molecular formula is C27H27ClN2O4. The summed E-state index contributed by atoms with van der Waals surface area (Å²) in [6, 6.07) is 11.5. The Labute approximate surface area is 203 Å². The zero-order valence-corrected chi connectivity index (χ0v) is 20.0. The van der Waals surface area contributed by atoms with E-state index in [1.807, 2.05) is 24.3 Å². The molecular weight excluding hydrogens is 452 g/mol. The molecule has 1 N–H and O–H groups in total. The number of nitrogens with one attached hydrogen (secondary N) is 1. The van der Waals surface area contributed by atoms with E-state index in [0.717, 1.165) is 30.5 Å². The van der Waals surface area contributed by atoms with Crippen LogP contribution in [0.25, 0.3) is 6.08 Å². The lowest BCUT2D eigenvalue weighted by molar-refractivity contribution is -0.147. The number of hydrogen-bond donors (Lipinski definition) is 1. The first-order valence-corrected chi connectivity index (χ1v) is 12.1. The maximum atomic E-state index is 13.4. The molecule has 4 atom stereocenters. The number of likely N-dealkylation sites (tertiary alicyclic amines) is 1. The molecule has 4 aliphatic rings. The van der Waals surface area contributed by atoms with Crippen LogP contribution in [0.4, 0.5) is 0 Å². The Kier molecular flexibility index (Phi) is 4.84. The van der Waals surface area contributed by atoms with E-state index in [2.05, 4.69) is 23.3 Å². The summed E-state index contributed by atoms with van der Waals surface area (Å²) in [6.07, 6.45) is 5.15. The van der Waals surface area contributed by atoms with Gasteiger partial charge in [-0.25, -0.2) is 0 Å². The predicted molar refractivity (Wildman–Crippen MR) is 129 cm³/mol. The molecule has 6 nitrogen and oxygen atoms in total. The van der Waals surface area contributed by atoms with Gasteiger partial charge in [0.15, 0.2) is 23.4 Å². The molecule has 34 heavy (non-hydrogen) atoms. The van der Waals surface area contributed by atoms with Gasteiger partial charge in [0.1, 0.15) is 0 Å². The minimum absolute atomic E-state index is 0.0601. The average Bonchev–Trinajstić information content (AvgIpc) is 3.19. The Hall–Kier alpha value is -2.83. The minimum atomic E-state index is -0.620. The van der Waals surface area contributed by atoms with Crippen LogP contribution in [0, 0.1) is 0 Å². The highest BCUT2D eigenvalue weighted by molar-refractivity contribution is 6.32. The van der Waals surface area contributed by atoms with Crippen LogP contribution in [0.15, 0.2) is 42.5 Å². The second-order valence-corrected chi connectivity index (χ2v) is 10.2. The molecule has 0 radical (unpaired) electrons. The predicted octanol–water partition coefficient (Wildman–Crippen LogP) is 3.54. The second-order valence-electron chi connectivity index (χ2n) is 9.83. The zero-order valence-electron chi connectivity index (χ0n) is 19.3. The molecule has 2 aromatic rings. The third-order valence-corrected chi connectivity index (χ3v) is 8.79. The molecule has 1 spiro atoms. The number of Topliss-reactive ketones (excluding diaryl/α,β-unsaturated/α-hetero) is 1. The van der Waals surface area contributed by atoms with E-state index in [0.29, 0.717) is 29.4 Å². The third-order valence-electron chi connectivity index (χ3n) is 8.45. The number of benzene rings is 2. The van der Waals surface area contributed by atoms with Crippen molar-refractivity contribution in [2.45, 2.75) is 48.8 Å². The highest BCUT2D eigenvalue weighted by Gasteiger charge is 2.73. The minimum Gasteiger partial charge on any atom is -0.493 e. The zero-order chi connectivity index (χ0) is 23.7. The molecule has 1 saturated carbocycles. The Morgan fingerprint density at radius 1 is 1.26 bits per heavy atom. The van der Waals surface area contributed by atoms with Crippen LogP contribution < -0.4 is 14.8 Å². The van der Waals surface area contributed by atoms with Gasteiger partial charge in [0.2, 0.25) is 5.91 Å². The number of halogens is 1. The standard InChI is InChI=1S/C27H27ClN2O4/c1-30-14-13-26-23-17-7-9-20(33-2)24(23)34-25(26)19(31)11-12-27(26,21(30)15-17)29-22(32)10-8-16-5-3-4-6-18(16)28/h3-10,21,25H,11-15H2,1-2H3,(H,29,32)/b10-8+/t21-,25+,26+,27-/m1/s1. The van der Waals surface area contributed by atoms with Crippen molar-refractivity contribution in [3.8, 4) is 11.5 Å². The number of ether oxygens (including phenoxy) is 2. The quantitative estimate of drug-likeness (QED) is 0.681. The molecule has 1 saturated heterocycles. The van der Waals surface area contributed by atoms with E-state index in [9.17, 15) is 9.59 Å². The molecule has 6 rings (SSSR count). The summed E-state index contributed by atoms with van der Waals surface area (Å²) in [6.45, 7) is 0.834. The van der Waals surface area contributed by atoms with Crippen molar-refractivity contribution in [2.24, 2.45) is 0 Å². The fourth-order valence-corrected chi connectivity index (χ4v) is 7.22. The topological polar surface area (TPSA) is 67.9 Å². The highest BCUT2D eigenvalue weighted by atomic mass is 35.5. The number of ketones is 1. The van der Waals surface area contributed by atoms with Gasteiger partial charge in [-0.05, 0) is 62.2 Å². The molecule has 2 aliphatic carbocycles. The van der Waals surface area contributed by atoms with E-state index >= 15 is 0 Å². The molecule has 176 valence electrons. The van der Waals surface area contributed by atoms with Crippen molar-refractivity contribution in [1.29, 1.82) is 0 Å². The van der Waals surface area contributed by atoms with Gasteiger partial charge < -0.3 is 19.7 Å². The molecule has 7 heteroatoms. The summed E-state index contributed by atoms with van der Waals surface area (Å²) in [5, 5.41) is 4.02. The van der Waals surface area contributed by atoms with Crippen molar-refractivity contribution in [3.05, 3.63) is 64.2 Å². The van der Waals surface area contributed by atoms with E-state index in [1.165, 1.54) is 5.56 Å². The van der Waals surface area contributed by atoms with E-state index in [4.69, 9.17) is 21.1 Å². The molecule has 2 heterocycles. The first-order valence-electron chi connectivity index (χ1n) is 11.8. The van der Waals surface area contributed by atoms with Gasteiger partial charge in [0, 0.05) is 29.1 Å². The lowest BCUT2D eigenvalue weighted by Crippen LogP contribution is -2.81. The van der Waals surface area contributed by atoms with Crippen LogP contribution in [0.2, 0.25) is 5.02 Å². The van der Waals surface area contributed by atoms with Crippen molar-refractivity contribution in [3.63, 3.8) is 0 Å². The van der Waals surface area contributed by atoms with Gasteiger partial charge in [-0.15, -0.1) is 0 Å². The van der Waals surface area contributed by atoms with Crippen molar-refractivity contribution < 1.29 is 19.1 Å². The SMILES string of the molecule is COc1ccc2c3c1O[C@H]1C(=O)CC[C@@]4(NC(=O)/C=C/c5ccccc5Cl)[C@@H](C2)N(C)CC[C@]314. The summed E-state index contributed by atoms with van der Waals surface area (Å²) >= 11 is 6.28. The number of amides is 1. The van der Waals surface area contributed by atoms with Gasteiger partial charge in [-0.1, -0.05) is 35.9 Å². The third kappa shape index (κ3) is 2.72. The summed E-state index contributed by atoms with van der Waals surface area (Å²) in [7, 11) is 3.74. The summed E-state index contributed by atoms with van der Waals surface area (Å²) in [5.41, 5.74) is 1.80. The van der Waals surface area contributed by atoms with Crippen LogP contribution in [-0.4, -0.2) is 55.0 Å². The molecule has 1 amide bonds. The van der Waals surface area contributed by atoms with E-state index < -0.39 is 17.1 Å². The number of hydrogen-bond acceptors (Lipinski definition) is 5. The highest BCUT2D eigenvalue weighted by Crippen LogP contribution is 2.64. The first kappa shape index (κ1) is 21.7. The Bertz CT molecular complexity index is 1240. The summed E-state index contributed by atoms with van der Waals surface area (Å²) < 4.78 is 12.0.